The molecule has 2 aromatic rings. The first-order chi connectivity index (χ1) is 7.65. The van der Waals surface area contributed by atoms with Gasteiger partial charge < -0.3 is 4.74 Å². The van der Waals surface area contributed by atoms with Crippen LogP contribution in [0.2, 0.25) is 0 Å². The quantitative estimate of drug-likeness (QED) is 0.794. The molecule has 0 amide bonds. The molecule has 0 aliphatic carbocycles. The zero-order chi connectivity index (χ0) is 11.5. The van der Waals surface area contributed by atoms with Crippen molar-refractivity contribution in [1.82, 2.24) is 9.78 Å². The van der Waals surface area contributed by atoms with Gasteiger partial charge in [-0.15, -0.1) is 0 Å². The number of nitrogens with zero attached hydrogens (tertiary/aromatic N) is 2. The van der Waals surface area contributed by atoms with E-state index < -0.39 is 0 Å². The van der Waals surface area contributed by atoms with Crippen LogP contribution >= 0.6 is 0 Å². The predicted octanol–water partition coefficient (Wildman–Crippen LogP) is 2.45. The summed E-state index contributed by atoms with van der Waals surface area (Å²) in [7, 11) is 1.84. The summed E-state index contributed by atoms with van der Waals surface area (Å²) < 4.78 is 20.3. The minimum absolute atomic E-state index is 0.251. The molecule has 16 heavy (non-hydrogen) atoms. The van der Waals surface area contributed by atoms with Crippen LogP contribution in [0.4, 0.5) is 4.39 Å². The first-order valence-corrected chi connectivity index (χ1v) is 5.02. The molecule has 0 saturated carbocycles. The van der Waals surface area contributed by atoms with Gasteiger partial charge in [0.1, 0.15) is 18.2 Å². The molecule has 0 aliphatic heterocycles. The minimum atomic E-state index is -0.251. The van der Waals surface area contributed by atoms with Gasteiger partial charge in [-0.25, -0.2) is 4.39 Å². The van der Waals surface area contributed by atoms with E-state index in [0.29, 0.717) is 17.9 Å². The van der Waals surface area contributed by atoms with E-state index in [1.807, 2.05) is 19.3 Å². The van der Waals surface area contributed by atoms with Crippen LogP contribution in [-0.4, -0.2) is 9.78 Å². The molecule has 3 nitrogen and oxygen atoms in total. The van der Waals surface area contributed by atoms with Gasteiger partial charge in [-0.2, -0.15) is 5.10 Å². The highest BCUT2D eigenvalue weighted by atomic mass is 19.1. The van der Waals surface area contributed by atoms with E-state index in [-0.39, 0.29) is 5.82 Å². The van der Waals surface area contributed by atoms with E-state index in [4.69, 9.17) is 4.74 Å². The summed E-state index contributed by atoms with van der Waals surface area (Å²) in [6.45, 7) is 2.07. The maximum atomic E-state index is 13.2. The zero-order valence-electron chi connectivity index (χ0n) is 9.27. The fraction of sp³-hybridized carbons (Fsp3) is 0.250. The van der Waals surface area contributed by atoms with Crippen molar-refractivity contribution >= 4 is 0 Å². The van der Waals surface area contributed by atoms with Crippen molar-refractivity contribution in [3.63, 3.8) is 0 Å². The number of halogens is 1. The second-order valence-electron chi connectivity index (χ2n) is 3.68. The van der Waals surface area contributed by atoms with E-state index in [1.54, 1.807) is 23.7 Å². The Labute approximate surface area is 93.5 Å². The van der Waals surface area contributed by atoms with Crippen LogP contribution in [0.25, 0.3) is 0 Å². The summed E-state index contributed by atoms with van der Waals surface area (Å²) in [6, 6.07) is 6.70. The number of benzene rings is 1. The molecule has 0 saturated heterocycles. The largest absolute Gasteiger partial charge is 0.487 e. The molecule has 0 N–H and O–H groups in total. The number of rotatable bonds is 3. The summed E-state index contributed by atoms with van der Waals surface area (Å²) in [5.74, 6) is 0.271. The molecule has 1 heterocycles. The van der Waals surface area contributed by atoms with Crippen molar-refractivity contribution in [2.45, 2.75) is 13.5 Å². The van der Waals surface area contributed by atoms with Gasteiger partial charge >= 0.3 is 0 Å². The lowest BCUT2D eigenvalue weighted by Gasteiger charge is -2.05. The maximum Gasteiger partial charge on any atom is 0.132 e. The average Bonchev–Trinajstić information content (AvgIpc) is 2.66. The number of hydrogen-bond acceptors (Lipinski definition) is 2. The predicted molar refractivity (Wildman–Crippen MR) is 58.7 cm³/mol. The Hall–Kier alpha value is -1.84. The van der Waals surface area contributed by atoms with Crippen LogP contribution in [0.3, 0.4) is 0 Å². The molecular formula is C12H13FN2O. The van der Waals surface area contributed by atoms with Gasteiger partial charge in [0.25, 0.3) is 0 Å². The Morgan fingerprint density at radius 2 is 2.19 bits per heavy atom. The molecular weight excluding hydrogens is 207 g/mol. The average molecular weight is 220 g/mol. The van der Waals surface area contributed by atoms with E-state index in [9.17, 15) is 4.39 Å². The summed E-state index contributed by atoms with van der Waals surface area (Å²) in [6.07, 6.45) is 1.84. The highest BCUT2D eigenvalue weighted by molar-refractivity contribution is 5.28. The Bertz CT molecular complexity index is 494. The fourth-order valence-electron chi connectivity index (χ4n) is 1.36. The summed E-state index contributed by atoms with van der Waals surface area (Å²) in [4.78, 5) is 0. The summed E-state index contributed by atoms with van der Waals surface area (Å²) in [5.41, 5.74) is 1.44. The molecule has 0 fully saturated rings. The monoisotopic (exact) mass is 220 g/mol. The van der Waals surface area contributed by atoms with Crippen molar-refractivity contribution in [3.05, 3.63) is 47.5 Å². The topological polar surface area (TPSA) is 27.1 Å². The molecule has 84 valence electrons. The van der Waals surface area contributed by atoms with Gasteiger partial charge in [0.2, 0.25) is 0 Å². The molecule has 4 heteroatoms. The molecule has 1 aromatic carbocycles. The van der Waals surface area contributed by atoms with Gasteiger partial charge in [-0.05, 0) is 24.6 Å². The number of hydrogen-bond donors (Lipinski definition) is 0. The van der Waals surface area contributed by atoms with Gasteiger partial charge in [-0.3, -0.25) is 4.68 Å². The smallest absolute Gasteiger partial charge is 0.132 e. The van der Waals surface area contributed by atoms with Crippen LogP contribution in [0, 0.1) is 12.7 Å². The number of ether oxygens (including phenoxy) is 1. The number of aromatic nitrogens is 2. The Kier molecular flexibility index (Phi) is 2.90. The van der Waals surface area contributed by atoms with Gasteiger partial charge in [0.15, 0.2) is 0 Å². The first-order valence-electron chi connectivity index (χ1n) is 5.02. The lowest BCUT2D eigenvalue weighted by atomic mass is 10.2. The SMILES string of the molecule is Cc1ccc(OCc2ccn(C)n2)cc1F. The molecule has 0 bridgehead atoms. The van der Waals surface area contributed by atoms with Crippen molar-refractivity contribution in [2.24, 2.45) is 7.05 Å². The van der Waals surface area contributed by atoms with Gasteiger partial charge in [0.05, 0.1) is 5.69 Å². The lowest BCUT2D eigenvalue weighted by Crippen LogP contribution is -1.98. The molecule has 0 spiro atoms. The Morgan fingerprint density at radius 1 is 1.38 bits per heavy atom. The van der Waals surface area contributed by atoms with Crippen LogP contribution in [0.1, 0.15) is 11.3 Å². The van der Waals surface area contributed by atoms with E-state index in [2.05, 4.69) is 5.10 Å². The molecule has 0 unspecified atom stereocenters. The first kappa shape index (κ1) is 10.7. The molecule has 0 radical (unpaired) electrons. The Balaban J connectivity index is 2.02. The van der Waals surface area contributed by atoms with Gasteiger partial charge in [0, 0.05) is 19.3 Å². The number of aryl methyl sites for hydroxylation is 2. The van der Waals surface area contributed by atoms with E-state index in [1.165, 1.54) is 6.07 Å². The fourth-order valence-corrected chi connectivity index (χ4v) is 1.36. The second-order valence-corrected chi connectivity index (χ2v) is 3.68. The van der Waals surface area contributed by atoms with Crippen molar-refractivity contribution in [1.29, 1.82) is 0 Å². The van der Waals surface area contributed by atoms with Crippen LogP contribution in [0.15, 0.2) is 30.5 Å². The van der Waals surface area contributed by atoms with Crippen molar-refractivity contribution < 1.29 is 9.13 Å². The zero-order valence-corrected chi connectivity index (χ0v) is 9.27. The summed E-state index contributed by atoms with van der Waals surface area (Å²) in [5, 5.41) is 4.16. The van der Waals surface area contributed by atoms with Crippen LogP contribution in [0.5, 0.6) is 5.75 Å². The molecule has 1 aromatic heterocycles. The van der Waals surface area contributed by atoms with Crippen molar-refractivity contribution in [3.8, 4) is 5.75 Å². The summed E-state index contributed by atoms with van der Waals surface area (Å²) >= 11 is 0. The highest BCUT2D eigenvalue weighted by Crippen LogP contribution is 2.16. The van der Waals surface area contributed by atoms with E-state index in [0.717, 1.165) is 5.69 Å². The van der Waals surface area contributed by atoms with Crippen molar-refractivity contribution in [2.75, 3.05) is 0 Å². The minimum Gasteiger partial charge on any atom is -0.487 e. The maximum absolute atomic E-state index is 13.2. The highest BCUT2D eigenvalue weighted by Gasteiger charge is 2.02. The van der Waals surface area contributed by atoms with Crippen LogP contribution in [-0.2, 0) is 13.7 Å². The van der Waals surface area contributed by atoms with Gasteiger partial charge in [-0.1, -0.05) is 6.07 Å². The molecule has 0 atom stereocenters. The Morgan fingerprint density at radius 3 is 2.81 bits per heavy atom. The molecule has 0 aliphatic rings. The standard InChI is InChI=1S/C12H13FN2O/c1-9-3-4-11(7-12(9)13)16-8-10-5-6-15(2)14-10/h3-7H,8H2,1-2H3. The second kappa shape index (κ2) is 4.35. The van der Waals surface area contributed by atoms with Crippen LogP contribution < -0.4 is 4.74 Å². The molecule has 2 rings (SSSR count). The third kappa shape index (κ3) is 2.39. The third-order valence-electron chi connectivity index (χ3n) is 2.30. The van der Waals surface area contributed by atoms with E-state index >= 15 is 0 Å². The normalized spacial score (nSPS) is 10.4. The third-order valence-corrected chi connectivity index (χ3v) is 2.30. The lowest BCUT2D eigenvalue weighted by molar-refractivity contribution is 0.298.